The van der Waals surface area contributed by atoms with Crippen LogP contribution in [-0.4, -0.2) is 83.9 Å². The molecule has 3 aromatic rings. The van der Waals surface area contributed by atoms with Crippen LogP contribution < -0.4 is 15.0 Å². The van der Waals surface area contributed by atoms with Crippen LogP contribution in [0.25, 0.3) is 11.3 Å². The van der Waals surface area contributed by atoms with Crippen molar-refractivity contribution in [2.24, 2.45) is 0 Å². The number of hydrogen-bond donors (Lipinski definition) is 1. The first-order chi connectivity index (χ1) is 17.8. The lowest BCUT2D eigenvalue weighted by molar-refractivity contribution is -0.129. The van der Waals surface area contributed by atoms with Gasteiger partial charge in [0.05, 0.1) is 10.6 Å². The van der Waals surface area contributed by atoms with Crippen LogP contribution in [0.2, 0.25) is 0 Å². The Bertz CT molecular complexity index is 1470. The van der Waals surface area contributed by atoms with Crippen molar-refractivity contribution in [2.45, 2.75) is 17.0 Å². The minimum absolute atomic E-state index is 0.0404. The predicted octanol–water partition coefficient (Wildman–Crippen LogP) is 1.54. The first-order valence-electron chi connectivity index (χ1n) is 11.7. The number of thioether (sulfide) groups is 1. The number of piperazine rings is 1. The minimum atomic E-state index is -3.60. The SMILES string of the molecule is Cc1ccc(S(=O)(=O)N2CCN(C(=O)CSc3nnc(-c4ccc5c(c4)OCCO5)c(=O)[nH]3)CC2)cc1. The number of nitrogens with zero attached hydrogens (tertiary/aromatic N) is 4. The van der Waals surface area contributed by atoms with Gasteiger partial charge in [0.2, 0.25) is 15.9 Å². The second-order valence-electron chi connectivity index (χ2n) is 8.55. The maximum Gasteiger partial charge on any atom is 0.278 e. The molecule has 1 amide bonds. The lowest BCUT2D eigenvalue weighted by atomic mass is 10.1. The molecule has 1 fully saturated rings. The van der Waals surface area contributed by atoms with Gasteiger partial charge in [0.25, 0.3) is 5.56 Å². The van der Waals surface area contributed by atoms with Crippen molar-refractivity contribution in [3.63, 3.8) is 0 Å². The molecular formula is C24H25N5O6S2. The summed E-state index contributed by atoms with van der Waals surface area (Å²) in [5.74, 6) is 1.02. The van der Waals surface area contributed by atoms with E-state index in [0.717, 1.165) is 17.3 Å². The number of benzene rings is 2. The van der Waals surface area contributed by atoms with Crippen LogP contribution in [0.3, 0.4) is 0 Å². The molecule has 0 saturated carbocycles. The van der Waals surface area contributed by atoms with Gasteiger partial charge in [-0.05, 0) is 37.3 Å². The molecule has 11 nitrogen and oxygen atoms in total. The lowest BCUT2D eigenvalue weighted by Crippen LogP contribution is -2.51. The van der Waals surface area contributed by atoms with E-state index in [0.29, 0.717) is 30.3 Å². The zero-order chi connectivity index (χ0) is 26.0. The highest BCUT2D eigenvalue weighted by Crippen LogP contribution is 2.33. The number of amides is 1. The van der Waals surface area contributed by atoms with Gasteiger partial charge in [0, 0.05) is 31.7 Å². The molecule has 1 aromatic heterocycles. The van der Waals surface area contributed by atoms with Gasteiger partial charge >= 0.3 is 0 Å². The van der Waals surface area contributed by atoms with Crippen molar-refractivity contribution < 1.29 is 22.7 Å². The first kappa shape index (κ1) is 25.2. The van der Waals surface area contributed by atoms with E-state index in [9.17, 15) is 18.0 Å². The number of H-pyrrole nitrogens is 1. The smallest absolute Gasteiger partial charge is 0.278 e. The Hall–Kier alpha value is -3.42. The quantitative estimate of drug-likeness (QED) is 0.459. The number of ether oxygens (including phenoxy) is 2. The van der Waals surface area contributed by atoms with E-state index in [1.807, 2.05) is 6.92 Å². The topological polar surface area (TPSA) is 135 Å². The molecule has 0 spiro atoms. The summed E-state index contributed by atoms with van der Waals surface area (Å²) in [6, 6.07) is 11.8. The van der Waals surface area contributed by atoms with E-state index in [1.54, 1.807) is 47.4 Å². The molecule has 2 aromatic carbocycles. The third-order valence-corrected chi connectivity index (χ3v) is 8.84. The molecular weight excluding hydrogens is 518 g/mol. The summed E-state index contributed by atoms with van der Waals surface area (Å²) in [6.45, 7) is 3.81. The molecule has 13 heteroatoms. The molecule has 194 valence electrons. The Labute approximate surface area is 217 Å². The van der Waals surface area contributed by atoms with Crippen LogP contribution in [0.4, 0.5) is 0 Å². The van der Waals surface area contributed by atoms with Crippen molar-refractivity contribution >= 4 is 27.7 Å². The molecule has 37 heavy (non-hydrogen) atoms. The molecule has 0 bridgehead atoms. The van der Waals surface area contributed by atoms with Gasteiger partial charge in [0.15, 0.2) is 22.3 Å². The van der Waals surface area contributed by atoms with Gasteiger partial charge in [-0.1, -0.05) is 29.5 Å². The average Bonchev–Trinajstić information content (AvgIpc) is 2.92. The number of hydrogen-bond acceptors (Lipinski definition) is 9. The monoisotopic (exact) mass is 543 g/mol. The highest BCUT2D eigenvalue weighted by atomic mass is 32.2. The summed E-state index contributed by atoms with van der Waals surface area (Å²) in [4.78, 5) is 29.9. The Morgan fingerprint density at radius 2 is 1.70 bits per heavy atom. The van der Waals surface area contributed by atoms with E-state index in [1.165, 1.54) is 4.31 Å². The van der Waals surface area contributed by atoms with Crippen LogP contribution in [0, 0.1) is 6.92 Å². The van der Waals surface area contributed by atoms with Crippen molar-refractivity contribution in [1.82, 2.24) is 24.4 Å². The fourth-order valence-electron chi connectivity index (χ4n) is 4.03. The number of nitrogens with one attached hydrogen (secondary N) is 1. The van der Waals surface area contributed by atoms with Gasteiger partial charge in [-0.25, -0.2) is 8.42 Å². The normalized spacial score (nSPS) is 16.0. The number of sulfonamides is 1. The summed E-state index contributed by atoms with van der Waals surface area (Å²) in [5, 5.41) is 8.33. The fraction of sp³-hybridized carbons (Fsp3) is 0.333. The predicted molar refractivity (Wildman–Crippen MR) is 136 cm³/mol. The molecule has 0 aliphatic carbocycles. The van der Waals surface area contributed by atoms with Gasteiger partial charge in [0.1, 0.15) is 13.2 Å². The van der Waals surface area contributed by atoms with Crippen LogP contribution >= 0.6 is 11.8 Å². The number of aryl methyl sites for hydroxylation is 1. The third kappa shape index (κ3) is 5.48. The summed E-state index contributed by atoms with van der Waals surface area (Å²) in [5.41, 5.74) is 1.23. The Kier molecular flexibility index (Phi) is 7.17. The molecule has 0 atom stereocenters. The molecule has 1 N–H and O–H groups in total. The lowest BCUT2D eigenvalue weighted by Gasteiger charge is -2.34. The molecule has 0 radical (unpaired) electrons. The maximum atomic E-state index is 12.9. The highest BCUT2D eigenvalue weighted by molar-refractivity contribution is 7.99. The summed E-state index contributed by atoms with van der Waals surface area (Å²) >= 11 is 1.07. The number of fused-ring (bicyclic) bond motifs is 1. The zero-order valence-corrected chi connectivity index (χ0v) is 21.7. The minimum Gasteiger partial charge on any atom is -0.486 e. The number of carbonyl (C=O) groups is 1. The number of carbonyl (C=O) groups excluding carboxylic acids is 1. The summed E-state index contributed by atoms with van der Waals surface area (Å²) in [7, 11) is -3.60. The second-order valence-corrected chi connectivity index (χ2v) is 11.5. The van der Waals surface area contributed by atoms with E-state index in [2.05, 4.69) is 15.2 Å². The van der Waals surface area contributed by atoms with E-state index < -0.39 is 15.6 Å². The van der Waals surface area contributed by atoms with Crippen LogP contribution in [-0.2, 0) is 14.8 Å². The van der Waals surface area contributed by atoms with Crippen molar-refractivity contribution in [3.8, 4) is 22.8 Å². The van der Waals surface area contributed by atoms with Crippen LogP contribution in [0.15, 0.2) is 57.3 Å². The van der Waals surface area contributed by atoms with Crippen molar-refractivity contribution in [1.29, 1.82) is 0 Å². The number of aromatic nitrogens is 3. The van der Waals surface area contributed by atoms with Gasteiger partial charge in [-0.2, -0.15) is 4.31 Å². The Balaban J connectivity index is 1.16. The van der Waals surface area contributed by atoms with Gasteiger partial charge in [-0.15, -0.1) is 10.2 Å². The third-order valence-electron chi connectivity index (χ3n) is 6.07. The summed E-state index contributed by atoms with van der Waals surface area (Å²) < 4.78 is 38.2. The average molecular weight is 544 g/mol. The standard InChI is InChI=1S/C24H25N5O6S2/c1-16-2-5-18(6-3-16)37(32,33)29-10-8-28(9-11-29)21(30)15-36-24-25-23(31)22(26-27-24)17-4-7-19-20(14-17)35-13-12-34-19/h2-7,14H,8-13,15H2,1H3,(H,25,27,31). The van der Waals surface area contributed by atoms with Crippen molar-refractivity contribution in [3.05, 3.63) is 58.4 Å². The van der Waals surface area contributed by atoms with Crippen LogP contribution in [0.5, 0.6) is 11.5 Å². The largest absolute Gasteiger partial charge is 0.486 e. The highest BCUT2D eigenvalue weighted by Gasteiger charge is 2.30. The van der Waals surface area contributed by atoms with Gasteiger partial charge < -0.3 is 14.4 Å². The summed E-state index contributed by atoms with van der Waals surface area (Å²) in [6.07, 6.45) is 0. The fourth-order valence-corrected chi connectivity index (χ4v) is 6.15. The molecule has 2 aliphatic heterocycles. The van der Waals surface area contributed by atoms with E-state index in [-0.39, 0.29) is 53.6 Å². The molecule has 2 aliphatic rings. The maximum absolute atomic E-state index is 12.9. The van der Waals surface area contributed by atoms with Gasteiger partial charge in [-0.3, -0.25) is 14.6 Å². The second kappa shape index (κ2) is 10.5. The van der Waals surface area contributed by atoms with Crippen molar-refractivity contribution in [2.75, 3.05) is 45.1 Å². The number of rotatable bonds is 6. The Morgan fingerprint density at radius 3 is 2.41 bits per heavy atom. The zero-order valence-electron chi connectivity index (χ0n) is 20.0. The molecule has 0 unspecified atom stereocenters. The van der Waals surface area contributed by atoms with E-state index in [4.69, 9.17) is 9.47 Å². The molecule has 5 rings (SSSR count). The molecule has 3 heterocycles. The van der Waals surface area contributed by atoms with E-state index >= 15 is 0 Å². The molecule has 1 saturated heterocycles. The number of aromatic amines is 1. The van der Waals surface area contributed by atoms with Crippen LogP contribution in [0.1, 0.15) is 5.56 Å². The Morgan fingerprint density at radius 1 is 1.00 bits per heavy atom. The first-order valence-corrected chi connectivity index (χ1v) is 14.1.